The van der Waals surface area contributed by atoms with Crippen LogP contribution in [-0.4, -0.2) is 30.9 Å². The molecule has 1 heterocycles. The van der Waals surface area contributed by atoms with E-state index in [0.717, 1.165) is 9.37 Å². The van der Waals surface area contributed by atoms with Crippen LogP contribution in [0.2, 0.25) is 0 Å². The summed E-state index contributed by atoms with van der Waals surface area (Å²) in [5.41, 5.74) is 0.523. The van der Waals surface area contributed by atoms with Crippen LogP contribution in [0.15, 0.2) is 51.8 Å². The Hall–Kier alpha value is -2.19. The van der Waals surface area contributed by atoms with Crippen molar-refractivity contribution in [3.8, 4) is 11.5 Å². The number of imide groups is 1. The van der Waals surface area contributed by atoms with Crippen LogP contribution >= 0.6 is 27.7 Å². The van der Waals surface area contributed by atoms with E-state index in [2.05, 4.69) is 26.6 Å². The minimum Gasteiger partial charge on any atom is -0.486 e. The normalized spacial score (nSPS) is 12.4. The van der Waals surface area contributed by atoms with Crippen LogP contribution in [0.3, 0.4) is 0 Å². The summed E-state index contributed by atoms with van der Waals surface area (Å²) in [4.78, 5) is 24.7. The van der Waals surface area contributed by atoms with E-state index in [1.54, 1.807) is 18.2 Å². The van der Waals surface area contributed by atoms with Crippen LogP contribution in [0.1, 0.15) is 0 Å². The Balaban J connectivity index is 1.48. The van der Waals surface area contributed by atoms with Gasteiger partial charge < -0.3 is 14.8 Å². The van der Waals surface area contributed by atoms with E-state index in [1.807, 2.05) is 24.3 Å². The molecule has 3 amide bonds. The summed E-state index contributed by atoms with van der Waals surface area (Å²) < 4.78 is 11.8. The Morgan fingerprint density at radius 3 is 2.52 bits per heavy atom. The summed E-state index contributed by atoms with van der Waals surface area (Å²) in [7, 11) is 0. The van der Waals surface area contributed by atoms with E-state index < -0.39 is 6.03 Å². The lowest BCUT2D eigenvalue weighted by atomic mass is 10.2. The maximum Gasteiger partial charge on any atom is 0.325 e. The highest BCUT2D eigenvalue weighted by Gasteiger charge is 2.14. The SMILES string of the molecule is O=C(CSc1ccc(Br)cc1)NC(=O)Nc1ccc2c(c1)OCCO2. The van der Waals surface area contributed by atoms with E-state index in [9.17, 15) is 9.59 Å². The van der Waals surface area contributed by atoms with Gasteiger partial charge in [-0.3, -0.25) is 10.1 Å². The number of nitrogens with one attached hydrogen (secondary N) is 2. The molecule has 3 rings (SSSR count). The monoisotopic (exact) mass is 422 g/mol. The quantitative estimate of drug-likeness (QED) is 0.735. The molecule has 2 aromatic rings. The number of rotatable bonds is 4. The maximum atomic E-state index is 11.9. The zero-order chi connectivity index (χ0) is 17.6. The number of ether oxygens (including phenoxy) is 2. The molecule has 0 aromatic heterocycles. The van der Waals surface area contributed by atoms with Crippen LogP contribution in [-0.2, 0) is 4.79 Å². The van der Waals surface area contributed by atoms with Gasteiger partial charge in [0.15, 0.2) is 11.5 Å². The summed E-state index contributed by atoms with van der Waals surface area (Å²) in [6, 6.07) is 12.1. The number of carbonyl (C=O) groups excluding carboxylic acids is 2. The lowest BCUT2D eigenvalue weighted by molar-refractivity contribution is -0.117. The highest BCUT2D eigenvalue weighted by Crippen LogP contribution is 2.32. The average molecular weight is 423 g/mol. The predicted molar refractivity (Wildman–Crippen MR) is 99.5 cm³/mol. The molecule has 0 fully saturated rings. The van der Waals surface area contributed by atoms with Crippen molar-refractivity contribution in [2.45, 2.75) is 4.90 Å². The lowest BCUT2D eigenvalue weighted by Gasteiger charge is -2.19. The van der Waals surface area contributed by atoms with Crippen molar-refractivity contribution in [2.24, 2.45) is 0 Å². The third-order valence-electron chi connectivity index (χ3n) is 3.24. The minimum atomic E-state index is -0.585. The van der Waals surface area contributed by atoms with Crippen LogP contribution in [0, 0.1) is 0 Å². The first-order valence-corrected chi connectivity index (χ1v) is 9.27. The van der Waals surface area contributed by atoms with Gasteiger partial charge in [0.1, 0.15) is 13.2 Å². The topological polar surface area (TPSA) is 76.7 Å². The predicted octanol–water partition coefficient (Wildman–Crippen LogP) is 3.66. The molecule has 1 aliphatic rings. The second kappa shape index (κ2) is 8.26. The van der Waals surface area contributed by atoms with Gasteiger partial charge in [-0.05, 0) is 36.4 Å². The molecule has 0 unspecified atom stereocenters. The van der Waals surface area contributed by atoms with Crippen molar-refractivity contribution in [1.29, 1.82) is 0 Å². The summed E-state index contributed by atoms with van der Waals surface area (Å²) in [6.07, 6.45) is 0. The Labute approximate surface area is 157 Å². The summed E-state index contributed by atoms with van der Waals surface area (Å²) in [6.45, 7) is 0.971. The second-order valence-corrected chi connectivity index (χ2v) is 7.07. The first-order chi connectivity index (χ1) is 12.1. The van der Waals surface area contributed by atoms with Crippen LogP contribution in [0.4, 0.5) is 10.5 Å². The fourth-order valence-corrected chi connectivity index (χ4v) is 3.09. The van der Waals surface area contributed by atoms with Crippen molar-refractivity contribution < 1.29 is 19.1 Å². The van der Waals surface area contributed by atoms with Gasteiger partial charge in [-0.25, -0.2) is 4.79 Å². The number of hydrogen-bond acceptors (Lipinski definition) is 5. The first-order valence-electron chi connectivity index (χ1n) is 7.49. The average Bonchev–Trinajstić information content (AvgIpc) is 2.61. The first kappa shape index (κ1) is 17.6. The molecule has 0 atom stereocenters. The Bertz CT molecular complexity index is 783. The largest absolute Gasteiger partial charge is 0.486 e. The highest BCUT2D eigenvalue weighted by molar-refractivity contribution is 9.10. The van der Waals surface area contributed by atoms with E-state index >= 15 is 0 Å². The molecule has 2 N–H and O–H groups in total. The van der Waals surface area contributed by atoms with Crippen LogP contribution in [0.25, 0.3) is 0 Å². The number of anilines is 1. The zero-order valence-corrected chi connectivity index (χ0v) is 15.5. The number of halogens is 1. The van der Waals surface area contributed by atoms with Gasteiger partial charge in [0, 0.05) is 21.1 Å². The molecular formula is C17H15BrN2O4S. The third kappa shape index (κ3) is 5.14. The van der Waals surface area contributed by atoms with E-state index in [-0.39, 0.29) is 11.7 Å². The Morgan fingerprint density at radius 2 is 1.76 bits per heavy atom. The summed E-state index contributed by atoms with van der Waals surface area (Å²) in [5, 5.41) is 4.91. The molecule has 0 bridgehead atoms. The van der Waals surface area contributed by atoms with Crippen molar-refractivity contribution in [3.63, 3.8) is 0 Å². The molecule has 0 saturated heterocycles. The smallest absolute Gasteiger partial charge is 0.325 e. The van der Waals surface area contributed by atoms with Gasteiger partial charge in [0.05, 0.1) is 5.75 Å². The summed E-state index contributed by atoms with van der Waals surface area (Å²) in [5.74, 6) is 0.985. The number of amides is 3. The third-order valence-corrected chi connectivity index (χ3v) is 4.78. The minimum absolute atomic E-state index is 0.149. The molecule has 0 spiro atoms. The Morgan fingerprint density at radius 1 is 1.04 bits per heavy atom. The van der Waals surface area contributed by atoms with Crippen molar-refractivity contribution in [1.82, 2.24) is 5.32 Å². The maximum absolute atomic E-state index is 11.9. The van der Waals surface area contributed by atoms with Crippen LogP contribution in [0.5, 0.6) is 11.5 Å². The molecule has 8 heteroatoms. The molecule has 0 aliphatic carbocycles. The van der Waals surface area contributed by atoms with Gasteiger partial charge in [0.25, 0.3) is 0 Å². The van der Waals surface area contributed by atoms with Gasteiger partial charge in [0.2, 0.25) is 5.91 Å². The number of benzene rings is 2. The molecule has 130 valence electrons. The molecule has 0 saturated carbocycles. The van der Waals surface area contributed by atoms with Crippen molar-refractivity contribution in [2.75, 3.05) is 24.3 Å². The second-order valence-electron chi connectivity index (χ2n) is 5.10. The molecule has 2 aromatic carbocycles. The highest BCUT2D eigenvalue weighted by atomic mass is 79.9. The molecule has 1 aliphatic heterocycles. The van der Waals surface area contributed by atoms with Crippen molar-refractivity contribution >= 4 is 45.3 Å². The number of hydrogen-bond donors (Lipinski definition) is 2. The number of fused-ring (bicyclic) bond motifs is 1. The van der Waals surface area contributed by atoms with E-state index in [4.69, 9.17) is 9.47 Å². The standard InChI is InChI=1S/C17H15BrN2O4S/c18-11-1-4-13(5-2-11)25-10-16(21)20-17(22)19-12-3-6-14-15(9-12)24-8-7-23-14/h1-6,9H,7-8,10H2,(H2,19,20,21,22). The fraction of sp³-hybridized carbons (Fsp3) is 0.176. The molecule has 0 radical (unpaired) electrons. The fourth-order valence-electron chi connectivity index (χ4n) is 2.13. The van der Waals surface area contributed by atoms with Crippen molar-refractivity contribution in [3.05, 3.63) is 46.9 Å². The van der Waals surface area contributed by atoms with Gasteiger partial charge in [-0.1, -0.05) is 15.9 Å². The number of carbonyl (C=O) groups is 2. The van der Waals surface area contributed by atoms with Gasteiger partial charge >= 0.3 is 6.03 Å². The molecule has 25 heavy (non-hydrogen) atoms. The molecule has 6 nitrogen and oxygen atoms in total. The van der Waals surface area contributed by atoms with Gasteiger partial charge in [-0.15, -0.1) is 11.8 Å². The van der Waals surface area contributed by atoms with Gasteiger partial charge in [-0.2, -0.15) is 0 Å². The number of thioether (sulfide) groups is 1. The van der Waals surface area contributed by atoms with Crippen LogP contribution < -0.4 is 20.1 Å². The lowest BCUT2D eigenvalue weighted by Crippen LogP contribution is -2.35. The summed E-state index contributed by atoms with van der Waals surface area (Å²) >= 11 is 4.71. The molecular weight excluding hydrogens is 408 g/mol. The zero-order valence-electron chi connectivity index (χ0n) is 13.1. The number of urea groups is 1. The Kier molecular flexibility index (Phi) is 5.83. The van der Waals surface area contributed by atoms with E-state index in [1.165, 1.54) is 11.8 Å². The van der Waals surface area contributed by atoms with E-state index in [0.29, 0.717) is 30.4 Å².